The first-order valence-corrected chi connectivity index (χ1v) is 6.76. The summed E-state index contributed by atoms with van der Waals surface area (Å²) in [5.74, 6) is 1.21. The van der Waals surface area contributed by atoms with Crippen molar-refractivity contribution in [3.05, 3.63) is 29.4 Å². The fourth-order valence-electron chi connectivity index (χ4n) is 1.06. The van der Waals surface area contributed by atoms with Gasteiger partial charge in [-0.15, -0.1) is 18.7 Å². The van der Waals surface area contributed by atoms with E-state index in [9.17, 15) is 14.7 Å². The van der Waals surface area contributed by atoms with Gasteiger partial charge in [-0.3, -0.25) is 15.0 Å². The Labute approximate surface area is 185 Å². The summed E-state index contributed by atoms with van der Waals surface area (Å²) in [5, 5.41) is 28.8. The largest absolute Gasteiger partial charge is 1.00 e. The van der Waals surface area contributed by atoms with Gasteiger partial charge in [0, 0.05) is 23.9 Å². The number of amidine groups is 1. The van der Waals surface area contributed by atoms with Gasteiger partial charge in [-0.05, 0) is 13.8 Å². The molecule has 2 amide bonds. The quantitative estimate of drug-likeness (QED) is 0.0771. The van der Waals surface area contributed by atoms with Crippen LogP contribution >= 0.6 is 12.4 Å². The Morgan fingerprint density at radius 3 is 2.30 bits per heavy atom. The molecule has 144 valence electrons. The molecule has 11 nitrogen and oxygen atoms in total. The molecule has 0 fully saturated rings. The van der Waals surface area contributed by atoms with E-state index in [1.165, 1.54) is 6.92 Å². The molecule has 0 aliphatic heterocycles. The number of anilines is 1. The zero-order valence-corrected chi connectivity index (χ0v) is 18.2. The standard InChI is InChI=1S/C7H10N4O.C5H6N2O2.C2H6N2.ClH.Na/c1-5-10-3-6(2-9-4-12)7(8)11-5;6-1-5(3-8)2-7-4-9;1-2(3)4;;/h3-4H,2H2,1H3,(H,9,12)(H2,8,10,11);3-4,8H,2H2,(H,7,9);1H3,(H3,3,4);1H;/q;;;;+1/p-1. The van der Waals surface area contributed by atoms with Crippen molar-refractivity contribution >= 4 is 36.9 Å². The molecule has 0 saturated heterocycles. The summed E-state index contributed by atoms with van der Waals surface area (Å²) >= 11 is 0. The normalized spacial score (nSPS) is 8.41. The average molecular weight is 409 g/mol. The Bertz CT molecular complexity index is 633. The molecule has 0 bridgehead atoms. The maximum absolute atomic E-state index is 9.96. The van der Waals surface area contributed by atoms with E-state index in [0.29, 0.717) is 37.3 Å². The van der Waals surface area contributed by atoms with Crippen molar-refractivity contribution in [1.29, 1.82) is 10.7 Å². The van der Waals surface area contributed by atoms with Crippen molar-refractivity contribution in [1.82, 2.24) is 20.6 Å². The number of hydrogen-bond donors (Lipinski definition) is 5. The van der Waals surface area contributed by atoms with E-state index in [2.05, 4.69) is 20.6 Å². The molecule has 0 atom stereocenters. The van der Waals surface area contributed by atoms with Crippen LogP contribution in [0.5, 0.6) is 0 Å². The SMILES string of the molecule is CC(=N)N.Cc1ncc(CNC=O)c(N)n1.Cl.N#CC(=C[O-])CNC=O.[Na+]. The second-order valence-electron chi connectivity index (χ2n) is 4.26. The number of nitrogens with two attached hydrogens (primary N) is 2. The molecule has 0 saturated carbocycles. The Hall–Kier alpha value is -2.39. The molecule has 0 radical (unpaired) electrons. The van der Waals surface area contributed by atoms with Crippen LogP contribution in [0.25, 0.3) is 0 Å². The van der Waals surface area contributed by atoms with Crippen LogP contribution in [0.2, 0.25) is 0 Å². The van der Waals surface area contributed by atoms with E-state index in [4.69, 9.17) is 22.1 Å². The molecule has 0 unspecified atom stereocenters. The van der Waals surface area contributed by atoms with E-state index in [1.54, 1.807) is 19.2 Å². The van der Waals surface area contributed by atoms with E-state index in [1.807, 2.05) is 0 Å². The summed E-state index contributed by atoms with van der Waals surface area (Å²) in [6, 6.07) is 1.61. The molecule has 27 heavy (non-hydrogen) atoms. The summed E-state index contributed by atoms with van der Waals surface area (Å²) in [6.07, 6.45) is 3.06. The summed E-state index contributed by atoms with van der Waals surface area (Å²) < 4.78 is 0. The Morgan fingerprint density at radius 1 is 1.41 bits per heavy atom. The van der Waals surface area contributed by atoms with E-state index in [0.717, 1.165) is 5.56 Å². The second kappa shape index (κ2) is 21.7. The third-order valence-corrected chi connectivity index (χ3v) is 2.06. The monoisotopic (exact) mass is 408 g/mol. The van der Waals surface area contributed by atoms with Crippen molar-refractivity contribution < 1.29 is 44.3 Å². The fraction of sp³-hybridized carbons (Fsp3) is 0.286. The summed E-state index contributed by atoms with van der Waals surface area (Å²) in [4.78, 5) is 27.4. The molecule has 1 rings (SSSR count). The van der Waals surface area contributed by atoms with Crippen LogP contribution in [-0.2, 0) is 16.1 Å². The van der Waals surface area contributed by atoms with Crippen molar-refractivity contribution in [3.8, 4) is 6.07 Å². The van der Waals surface area contributed by atoms with Gasteiger partial charge < -0.3 is 27.2 Å². The molecule has 0 aliphatic rings. The van der Waals surface area contributed by atoms with Crippen molar-refractivity contribution in [2.45, 2.75) is 20.4 Å². The second-order valence-corrected chi connectivity index (χ2v) is 4.26. The molecule has 13 heteroatoms. The fourth-order valence-corrected chi connectivity index (χ4v) is 1.06. The molecular weight excluding hydrogens is 387 g/mol. The van der Waals surface area contributed by atoms with Gasteiger partial charge in [0.25, 0.3) is 0 Å². The van der Waals surface area contributed by atoms with Gasteiger partial charge in [-0.1, -0.05) is 0 Å². The number of aromatic nitrogens is 2. The van der Waals surface area contributed by atoms with Gasteiger partial charge in [0.05, 0.1) is 18.4 Å². The predicted octanol–water partition coefficient (Wildman–Crippen LogP) is -4.52. The average Bonchev–Trinajstić information content (AvgIpc) is 2.55. The minimum Gasteiger partial charge on any atom is -0.877 e. The van der Waals surface area contributed by atoms with Crippen molar-refractivity contribution in [3.63, 3.8) is 0 Å². The van der Waals surface area contributed by atoms with Gasteiger partial charge in [0.15, 0.2) is 0 Å². The Balaban J connectivity index is -0.000000158. The van der Waals surface area contributed by atoms with Crippen LogP contribution < -0.4 is 56.8 Å². The third kappa shape index (κ3) is 21.6. The Kier molecular flexibility index (Phi) is 25.9. The van der Waals surface area contributed by atoms with Crippen LogP contribution in [0.3, 0.4) is 0 Å². The minimum absolute atomic E-state index is 0. The zero-order chi connectivity index (χ0) is 19.7. The predicted molar refractivity (Wildman–Crippen MR) is 96.7 cm³/mol. The summed E-state index contributed by atoms with van der Waals surface area (Å²) in [7, 11) is 0. The van der Waals surface area contributed by atoms with Crippen LogP contribution in [0.15, 0.2) is 18.0 Å². The number of nitrogens with one attached hydrogen (secondary N) is 3. The van der Waals surface area contributed by atoms with Crippen LogP contribution in [0.4, 0.5) is 5.82 Å². The molecule has 1 aromatic rings. The number of rotatable bonds is 6. The number of aryl methyl sites for hydroxylation is 1. The van der Waals surface area contributed by atoms with E-state index >= 15 is 0 Å². The number of amides is 2. The first kappa shape index (κ1) is 32.3. The topological polar surface area (TPSA) is 207 Å². The number of nitrogens with zero attached hydrogens (tertiary/aromatic N) is 3. The van der Waals surface area contributed by atoms with Gasteiger partial charge >= 0.3 is 29.6 Å². The van der Waals surface area contributed by atoms with Crippen LogP contribution in [-0.4, -0.2) is 35.2 Å². The summed E-state index contributed by atoms with van der Waals surface area (Å²) in [5.41, 5.74) is 11.0. The number of nitrogen functional groups attached to an aromatic ring is 1. The summed E-state index contributed by atoms with van der Waals surface area (Å²) in [6.45, 7) is 3.67. The Morgan fingerprint density at radius 2 is 1.93 bits per heavy atom. The van der Waals surface area contributed by atoms with Gasteiger partial charge in [0.2, 0.25) is 12.8 Å². The first-order valence-electron chi connectivity index (χ1n) is 6.76. The molecule has 0 spiro atoms. The molecular formula is C14H22ClN8NaO3. The minimum atomic E-state index is 0. The van der Waals surface area contributed by atoms with Gasteiger partial charge in [-0.25, -0.2) is 9.97 Å². The number of carbonyl (C=O) groups excluding carboxylic acids is 2. The number of carbonyl (C=O) groups is 2. The number of nitriles is 1. The molecule has 0 aromatic carbocycles. The maximum atomic E-state index is 9.96. The first-order chi connectivity index (χ1) is 11.8. The number of hydrogen-bond acceptors (Lipinski definition) is 8. The van der Waals surface area contributed by atoms with Gasteiger partial charge in [0.1, 0.15) is 11.6 Å². The van der Waals surface area contributed by atoms with E-state index < -0.39 is 0 Å². The number of halogens is 1. The van der Waals surface area contributed by atoms with Crippen molar-refractivity contribution in [2.75, 3.05) is 12.3 Å². The third-order valence-electron chi connectivity index (χ3n) is 2.06. The van der Waals surface area contributed by atoms with Crippen LogP contribution in [0.1, 0.15) is 18.3 Å². The van der Waals surface area contributed by atoms with Crippen molar-refractivity contribution in [2.24, 2.45) is 5.73 Å². The van der Waals surface area contributed by atoms with E-state index in [-0.39, 0.29) is 59.9 Å². The maximum Gasteiger partial charge on any atom is 1.00 e. The molecule has 7 N–H and O–H groups in total. The molecule has 1 aromatic heterocycles. The smallest absolute Gasteiger partial charge is 0.877 e. The van der Waals surface area contributed by atoms with Gasteiger partial charge in [-0.2, -0.15) is 5.26 Å². The molecule has 1 heterocycles. The zero-order valence-electron chi connectivity index (χ0n) is 15.4. The van der Waals surface area contributed by atoms with Crippen LogP contribution in [0, 0.1) is 23.7 Å². The molecule has 0 aliphatic carbocycles.